The lowest BCUT2D eigenvalue weighted by atomic mass is 10.1. The maximum absolute atomic E-state index is 12.1. The molecule has 0 aliphatic heterocycles. The second kappa shape index (κ2) is 8.59. The smallest absolute Gasteiger partial charge is 0.242 e. The van der Waals surface area contributed by atoms with Crippen LogP contribution in [0.4, 0.5) is 5.69 Å². The second-order valence-corrected chi connectivity index (χ2v) is 5.12. The number of hydrogen-bond donors (Lipinski definition) is 2. The van der Waals surface area contributed by atoms with E-state index in [9.17, 15) is 4.79 Å². The number of carbonyl (C=O) groups excluding carboxylic acids is 1. The Kier molecular flexibility index (Phi) is 7.09. The molecule has 1 unspecified atom stereocenters. The number of anilines is 1. The largest absolute Gasteiger partial charge is 0.363 e. The lowest BCUT2D eigenvalue weighted by Crippen LogP contribution is -2.44. The molecular formula is C16H27N3O. The van der Waals surface area contributed by atoms with Crippen molar-refractivity contribution in [1.29, 1.82) is 0 Å². The van der Waals surface area contributed by atoms with Gasteiger partial charge in [-0.25, -0.2) is 0 Å². The van der Waals surface area contributed by atoms with Crippen LogP contribution in [0.25, 0.3) is 0 Å². The van der Waals surface area contributed by atoms with Crippen LogP contribution in [0.5, 0.6) is 0 Å². The Morgan fingerprint density at radius 1 is 1.35 bits per heavy atom. The molecule has 0 radical (unpaired) electrons. The average Bonchev–Trinajstić information content (AvgIpc) is 2.49. The van der Waals surface area contributed by atoms with E-state index in [1.807, 2.05) is 43.1 Å². The van der Waals surface area contributed by atoms with Crippen LogP contribution in [-0.4, -0.2) is 25.5 Å². The Labute approximate surface area is 122 Å². The minimum atomic E-state index is -0.204. The quantitative estimate of drug-likeness (QED) is 0.717. The number of nitrogens with one attached hydrogen (secondary N) is 1. The average molecular weight is 277 g/mol. The summed E-state index contributed by atoms with van der Waals surface area (Å²) in [6.07, 6.45) is 3.35. The Morgan fingerprint density at radius 2 is 2.05 bits per heavy atom. The first-order valence-electron chi connectivity index (χ1n) is 7.40. The zero-order valence-electron chi connectivity index (χ0n) is 12.9. The van der Waals surface area contributed by atoms with Gasteiger partial charge in [-0.05, 0) is 25.0 Å². The molecule has 1 aromatic rings. The lowest BCUT2D eigenvalue weighted by Gasteiger charge is -2.28. The maximum atomic E-state index is 12.1. The van der Waals surface area contributed by atoms with Crippen LogP contribution in [0.1, 0.15) is 38.7 Å². The number of hydrogen-bond acceptors (Lipinski definition) is 3. The van der Waals surface area contributed by atoms with Crippen molar-refractivity contribution in [3.63, 3.8) is 0 Å². The highest BCUT2D eigenvalue weighted by atomic mass is 16.2. The van der Waals surface area contributed by atoms with Crippen molar-refractivity contribution in [3.8, 4) is 0 Å². The molecule has 1 atom stereocenters. The number of unbranched alkanes of at least 4 members (excludes halogenated alkanes) is 2. The highest BCUT2D eigenvalue weighted by Gasteiger charge is 2.19. The summed E-state index contributed by atoms with van der Waals surface area (Å²) in [4.78, 5) is 14.1. The minimum absolute atomic E-state index is 0.0652. The number of amides is 1. The van der Waals surface area contributed by atoms with Crippen LogP contribution in [0, 0.1) is 0 Å². The molecule has 0 aliphatic carbocycles. The zero-order valence-corrected chi connectivity index (χ0v) is 12.9. The number of rotatable bonds is 8. The van der Waals surface area contributed by atoms with E-state index in [4.69, 9.17) is 5.73 Å². The highest BCUT2D eigenvalue weighted by molar-refractivity contribution is 5.85. The van der Waals surface area contributed by atoms with E-state index < -0.39 is 0 Å². The van der Waals surface area contributed by atoms with E-state index in [0.29, 0.717) is 6.54 Å². The fourth-order valence-electron chi connectivity index (χ4n) is 2.15. The van der Waals surface area contributed by atoms with Crippen LogP contribution in [0.3, 0.4) is 0 Å². The molecule has 0 saturated heterocycles. The molecule has 0 fully saturated rings. The molecular weight excluding hydrogens is 250 g/mol. The second-order valence-electron chi connectivity index (χ2n) is 5.12. The van der Waals surface area contributed by atoms with Gasteiger partial charge in [-0.15, -0.1) is 0 Å². The van der Waals surface area contributed by atoms with Gasteiger partial charge in [0, 0.05) is 25.8 Å². The van der Waals surface area contributed by atoms with Gasteiger partial charge in [-0.1, -0.05) is 38.0 Å². The van der Waals surface area contributed by atoms with Gasteiger partial charge in [-0.2, -0.15) is 0 Å². The van der Waals surface area contributed by atoms with Crippen LogP contribution < -0.4 is 16.0 Å². The summed E-state index contributed by atoms with van der Waals surface area (Å²) >= 11 is 0. The van der Waals surface area contributed by atoms with Crippen molar-refractivity contribution < 1.29 is 4.79 Å². The molecule has 0 bridgehead atoms. The van der Waals surface area contributed by atoms with E-state index in [2.05, 4.69) is 12.2 Å². The van der Waals surface area contributed by atoms with E-state index in [-0.39, 0.29) is 11.9 Å². The predicted octanol–water partition coefficient (Wildman–Crippen LogP) is 2.28. The van der Waals surface area contributed by atoms with Crippen molar-refractivity contribution in [2.45, 2.75) is 45.7 Å². The molecule has 112 valence electrons. The number of benzene rings is 1. The summed E-state index contributed by atoms with van der Waals surface area (Å²) in [7, 11) is 1.94. The number of nitrogens with zero attached hydrogens (tertiary/aromatic N) is 1. The number of para-hydroxylation sites is 1. The lowest BCUT2D eigenvalue weighted by molar-refractivity contribution is -0.122. The van der Waals surface area contributed by atoms with E-state index in [1.165, 1.54) is 0 Å². The van der Waals surface area contributed by atoms with E-state index in [0.717, 1.165) is 37.1 Å². The number of likely N-dealkylation sites (N-methyl/N-ethyl adjacent to an activating group) is 1. The molecule has 1 rings (SSSR count). The van der Waals surface area contributed by atoms with Gasteiger partial charge in [0.15, 0.2) is 0 Å². The van der Waals surface area contributed by atoms with Crippen molar-refractivity contribution in [2.24, 2.45) is 5.73 Å². The van der Waals surface area contributed by atoms with Crippen LogP contribution in [0.15, 0.2) is 24.3 Å². The van der Waals surface area contributed by atoms with Gasteiger partial charge in [0.1, 0.15) is 6.04 Å². The number of carbonyl (C=O) groups is 1. The Morgan fingerprint density at radius 3 is 2.70 bits per heavy atom. The molecule has 1 aromatic carbocycles. The monoisotopic (exact) mass is 277 g/mol. The van der Waals surface area contributed by atoms with Crippen LogP contribution in [0.2, 0.25) is 0 Å². The first-order valence-corrected chi connectivity index (χ1v) is 7.40. The van der Waals surface area contributed by atoms with Crippen LogP contribution >= 0.6 is 0 Å². The molecule has 3 N–H and O–H groups in total. The highest BCUT2D eigenvalue weighted by Crippen LogP contribution is 2.20. The Balaban J connectivity index is 2.61. The minimum Gasteiger partial charge on any atom is -0.363 e. The standard InChI is InChI=1S/C16H27N3O/c1-4-5-8-11-18-16(20)13(2)19(3)15-10-7-6-9-14(15)12-17/h6-7,9-10,13H,4-5,8,11-12,17H2,1-3H3,(H,18,20). The molecule has 0 aliphatic rings. The van der Waals surface area contributed by atoms with Gasteiger partial charge in [-0.3, -0.25) is 4.79 Å². The summed E-state index contributed by atoms with van der Waals surface area (Å²) in [6, 6.07) is 7.73. The molecule has 20 heavy (non-hydrogen) atoms. The summed E-state index contributed by atoms with van der Waals surface area (Å²) in [5.41, 5.74) is 7.83. The molecule has 4 heteroatoms. The Hall–Kier alpha value is -1.55. The fourth-order valence-corrected chi connectivity index (χ4v) is 2.15. The van der Waals surface area contributed by atoms with E-state index in [1.54, 1.807) is 0 Å². The Bertz CT molecular complexity index is 420. The summed E-state index contributed by atoms with van der Waals surface area (Å²) in [5.74, 6) is 0.0652. The van der Waals surface area contributed by atoms with Gasteiger partial charge >= 0.3 is 0 Å². The van der Waals surface area contributed by atoms with Crippen molar-refractivity contribution in [3.05, 3.63) is 29.8 Å². The van der Waals surface area contributed by atoms with Crippen molar-refractivity contribution in [1.82, 2.24) is 5.32 Å². The first kappa shape index (κ1) is 16.5. The summed E-state index contributed by atoms with van der Waals surface area (Å²) in [5, 5.41) is 2.99. The first-order chi connectivity index (χ1) is 9.61. The predicted molar refractivity (Wildman–Crippen MR) is 84.7 cm³/mol. The molecule has 0 heterocycles. The number of nitrogens with two attached hydrogens (primary N) is 1. The third-order valence-electron chi connectivity index (χ3n) is 3.63. The molecule has 0 saturated carbocycles. The zero-order chi connectivity index (χ0) is 15.0. The normalized spacial score (nSPS) is 12.0. The maximum Gasteiger partial charge on any atom is 0.242 e. The topological polar surface area (TPSA) is 58.4 Å². The molecule has 4 nitrogen and oxygen atoms in total. The summed E-state index contributed by atoms with van der Waals surface area (Å²) in [6.45, 7) is 5.30. The van der Waals surface area contributed by atoms with Gasteiger partial charge in [0.25, 0.3) is 0 Å². The molecule has 1 amide bonds. The fraction of sp³-hybridized carbons (Fsp3) is 0.562. The summed E-state index contributed by atoms with van der Waals surface area (Å²) < 4.78 is 0. The van der Waals surface area contributed by atoms with Crippen molar-refractivity contribution in [2.75, 3.05) is 18.5 Å². The molecule has 0 aromatic heterocycles. The van der Waals surface area contributed by atoms with E-state index >= 15 is 0 Å². The van der Waals surface area contributed by atoms with Gasteiger partial charge in [0.2, 0.25) is 5.91 Å². The van der Waals surface area contributed by atoms with Crippen LogP contribution in [-0.2, 0) is 11.3 Å². The SMILES string of the molecule is CCCCCNC(=O)C(C)N(C)c1ccccc1CN. The third kappa shape index (κ3) is 4.53. The third-order valence-corrected chi connectivity index (χ3v) is 3.63. The van der Waals surface area contributed by atoms with Gasteiger partial charge in [0.05, 0.1) is 0 Å². The van der Waals surface area contributed by atoms with Gasteiger partial charge < -0.3 is 16.0 Å². The van der Waals surface area contributed by atoms with Crippen molar-refractivity contribution >= 4 is 11.6 Å². The molecule has 0 spiro atoms.